The first-order valence-corrected chi connectivity index (χ1v) is 9.34. The van der Waals surface area contributed by atoms with Gasteiger partial charge in [0.1, 0.15) is 0 Å². The Morgan fingerprint density at radius 3 is 2.07 bits per heavy atom. The first kappa shape index (κ1) is 24.4. The van der Waals surface area contributed by atoms with E-state index in [4.69, 9.17) is 0 Å². The number of allylic oxidation sites excluding steroid dienone is 7. The van der Waals surface area contributed by atoms with Crippen LogP contribution in [0, 0.1) is 20.2 Å². The molecule has 0 atom stereocenters. The molecule has 0 heterocycles. The number of hydrogen-bond donors (Lipinski definition) is 0. The molecule has 1 radical (unpaired) electrons. The van der Waals surface area contributed by atoms with Crippen molar-refractivity contribution in [2.75, 3.05) is 0 Å². The minimum Gasteiger partial charge on any atom is -0.291 e. The highest BCUT2D eigenvalue weighted by molar-refractivity contribution is 5.50. The van der Waals surface area contributed by atoms with Crippen LogP contribution in [0.2, 0.25) is 0 Å². The third kappa shape index (κ3) is 14.3. The second kappa shape index (κ2) is 16.9. The van der Waals surface area contributed by atoms with Crippen molar-refractivity contribution in [2.24, 2.45) is 0 Å². The molecule has 0 N–H and O–H groups in total. The minimum absolute atomic E-state index is 0.0737. The summed E-state index contributed by atoms with van der Waals surface area (Å²) < 4.78 is 0. The first-order valence-electron chi connectivity index (χ1n) is 9.34. The van der Waals surface area contributed by atoms with Crippen LogP contribution in [0.25, 0.3) is 0 Å². The Morgan fingerprint density at radius 1 is 0.889 bits per heavy atom. The van der Waals surface area contributed by atoms with E-state index in [-0.39, 0.29) is 29.2 Å². The normalized spacial score (nSPS) is 12.8. The van der Waals surface area contributed by atoms with Gasteiger partial charge in [-0.15, -0.1) is 0 Å². The maximum Gasteiger partial charge on any atom is 0.246 e. The van der Waals surface area contributed by atoms with Gasteiger partial charge in [-0.1, -0.05) is 44.1 Å². The molecular weight excluding hydrogens is 348 g/mol. The quantitative estimate of drug-likeness (QED) is 0.154. The summed E-state index contributed by atoms with van der Waals surface area (Å²) in [5.41, 5.74) is 0.225. The van der Waals surface area contributed by atoms with Crippen LogP contribution in [0.3, 0.4) is 0 Å². The molecule has 0 aliphatic heterocycles. The Kier molecular flexibility index (Phi) is 15.3. The fourth-order valence-corrected chi connectivity index (χ4v) is 2.28. The van der Waals surface area contributed by atoms with Crippen molar-refractivity contribution in [3.63, 3.8) is 0 Å². The summed E-state index contributed by atoms with van der Waals surface area (Å²) in [5.74, 6) is 0. The van der Waals surface area contributed by atoms with E-state index in [2.05, 4.69) is 6.92 Å². The van der Waals surface area contributed by atoms with Gasteiger partial charge in [0.2, 0.25) is 11.4 Å². The molecule has 0 aliphatic rings. The van der Waals surface area contributed by atoms with E-state index in [9.17, 15) is 25.0 Å². The summed E-state index contributed by atoms with van der Waals surface area (Å²) in [5, 5.41) is 21.9. The molecule has 0 aromatic rings. The molecule has 0 saturated carbocycles. The van der Waals surface area contributed by atoms with Crippen LogP contribution in [-0.4, -0.2) is 16.1 Å². The van der Waals surface area contributed by atoms with Crippen molar-refractivity contribution < 1.29 is 14.6 Å². The maximum absolute atomic E-state index is 11.0. The zero-order valence-corrected chi connectivity index (χ0v) is 16.0. The van der Waals surface area contributed by atoms with Crippen LogP contribution in [0.1, 0.15) is 71.1 Å². The number of carbonyl (C=O) groups excluding carboxylic acids is 1. The van der Waals surface area contributed by atoms with Gasteiger partial charge < -0.3 is 0 Å². The average Bonchev–Trinajstić information content (AvgIpc) is 2.63. The van der Waals surface area contributed by atoms with E-state index >= 15 is 0 Å². The van der Waals surface area contributed by atoms with Crippen LogP contribution in [-0.2, 0) is 4.79 Å². The van der Waals surface area contributed by atoms with Gasteiger partial charge >= 0.3 is 0 Å². The highest BCUT2D eigenvalue weighted by Gasteiger charge is 2.09. The lowest BCUT2D eigenvalue weighted by Crippen LogP contribution is -1.98. The predicted molar refractivity (Wildman–Crippen MR) is 106 cm³/mol. The first-order chi connectivity index (χ1) is 13.0. The van der Waals surface area contributed by atoms with Crippen molar-refractivity contribution in [3.8, 4) is 0 Å². The topological polar surface area (TPSA) is 103 Å². The van der Waals surface area contributed by atoms with E-state index < -0.39 is 4.92 Å². The fraction of sp³-hybridized carbons (Fsp3) is 0.550. The molecule has 0 bridgehead atoms. The van der Waals surface area contributed by atoms with Crippen molar-refractivity contribution in [1.29, 1.82) is 0 Å². The lowest BCUT2D eigenvalue weighted by molar-refractivity contribution is -0.428. The number of nitrogens with zero attached hydrogens (tertiary/aromatic N) is 2. The molecule has 0 fully saturated rings. The lowest BCUT2D eigenvalue weighted by Gasteiger charge is -1.96. The van der Waals surface area contributed by atoms with Gasteiger partial charge in [-0.2, -0.15) is 0 Å². The molecular formula is C20H29N2O5. The van der Waals surface area contributed by atoms with Gasteiger partial charge in [0.25, 0.3) is 0 Å². The Hall–Kier alpha value is -2.57. The predicted octanol–water partition coefficient (Wildman–Crippen LogP) is 5.45. The smallest absolute Gasteiger partial charge is 0.246 e. The summed E-state index contributed by atoms with van der Waals surface area (Å²) in [4.78, 5) is 31.2. The van der Waals surface area contributed by atoms with Gasteiger partial charge in [-0.05, 0) is 44.3 Å². The number of nitro groups is 2. The van der Waals surface area contributed by atoms with Crippen molar-refractivity contribution in [3.05, 3.63) is 68.1 Å². The molecule has 0 aromatic heterocycles. The Bertz CT molecular complexity index is 577. The van der Waals surface area contributed by atoms with Crippen LogP contribution in [0.4, 0.5) is 0 Å². The lowest BCUT2D eigenvalue weighted by atomic mass is 10.1. The molecule has 0 spiro atoms. The molecule has 0 aliphatic carbocycles. The molecule has 0 unspecified atom stereocenters. The van der Waals surface area contributed by atoms with E-state index in [0.29, 0.717) is 25.7 Å². The molecule has 7 heteroatoms. The van der Waals surface area contributed by atoms with Crippen LogP contribution >= 0.6 is 0 Å². The Morgan fingerprint density at radius 2 is 1.52 bits per heavy atom. The van der Waals surface area contributed by atoms with Crippen LogP contribution in [0.5, 0.6) is 0 Å². The summed E-state index contributed by atoms with van der Waals surface area (Å²) in [7, 11) is 0. The summed E-state index contributed by atoms with van der Waals surface area (Å²) in [6, 6.07) is 0. The van der Waals surface area contributed by atoms with E-state index in [1.165, 1.54) is 6.08 Å². The summed E-state index contributed by atoms with van der Waals surface area (Å²) in [6.45, 7) is 2.13. The summed E-state index contributed by atoms with van der Waals surface area (Å²) >= 11 is 0. The average molecular weight is 377 g/mol. The molecule has 149 valence electrons. The second-order valence-corrected chi connectivity index (χ2v) is 6.02. The van der Waals surface area contributed by atoms with E-state index in [1.807, 2.05) is 12.2 Å². The van der Waals surface area contributed by atoms with E-state index in [0.717, 1.165) is 25.7 Å². The van der Waals surface area contributed by atoms with Crippen LogP contribution < -0.4 is 0 Å². The van der Waals surface area contributed by atoms with Crippen molar-refractivity contribution in [2.45, 2.75) is 71.1 Å². The Balaban J connectivity index is 4.41. The van der Waals surface area contributed by atoms with Gasteiger partial charge in [0.15, 0.2) is 6.29 Å². The van der Waals surface area contributed by atoms with Gasteiger partial charge in [0, 0.05) is 12.8 Å². The molecule has 0 rings (SSSR count). The highest BCUT2D eigenvalue weighted by Crippen LogP contribution is 2.10. The highest BCUT2D eigenvalue weighted by atomic mass is 16.6. The van der Waals surface area contributed by atoms with E-state index in [1.54, 1.807) is 24.5 Å². The number of unbranched alkanes of at least 4 members (excludes halogenated alkanes) is 4. The standard InChI is InChI=1S/C20H29N2O5/c1-2-3-4-5-6-9-14-19(21(24)25)15-10-7-8-11-16-20(22(26)27)17-12-13-18-23/h6-9,15-16H,2-5,10-14,17H2,1H3/b8-7+,9-6+,19-15-,20-16-. The Labute approximate surface area is 160 Å². The molecule has 27 heavy (non-hydrogen) atoms. The molecule has 0 aromatic carbocycles. The van der Waals surface area contributed by atoms with Gasteiger partial charge in [-0.3, -0.25) is 25.0 Å². The van der Waals surface area contributed by atoms with Gasteiger partial charge in [0.05, 0.1) is 16.3 Å². The van der Waals surface area contributed by atoms with Crippen molar-refractivity contribution in [1.82, 2.24) is 0 Å². The molecule has 7 nitrogen and oxygen atoms in total. The maximum atomic E-state index is 11.0. The zero-order valence-electron chi connectivity index (χ0n) is 16.0. The van der Waals surface area contributed by atoms with Gasteiger partial charge in [-0.25, -0.2) is 0 Å². The summed E-state index contributed by atoms with van der Waals surface area (Å²) in [6.07, 6.45) is 18.3. The number of rotatable bonds is 16. The van der Waals surface area contributed by atoms with Crippen molar-refractivity contribution >= 4 is 6.29 Å². The number of hydrogen-bond acceptors (Lipinski definition) is 5. The van der Waals surface area contributed by atoms with Crippen LogP contribution in [0.15, 0.2) is 47.9 Å². The third-order valence-electron chi connectivity index (χ3n) is 3.79. The molecule has 0 saturated heterocycles. The second-order valence-electron chi connectivity index (χ2n) is 6.02. The zero-order chi connectivity index (χ0) is 20.3. The SMILES string of the molecule is CCCCC/C=C/C/C(=C/C/C=C/C/C=C(/CCC[C]=O)[N+](=O)[O-])[N+](=O)[O-]. The fourth-order valence-electron chi connectivity index (χ4n) is 2.28. The molecule has 0 amide bonds. The monoisotopic (exact) mass is 377 g/mol. The minimum atomic E-state index is -0.448. The largest absolute Gasteiger partial charge is 0.291 e. The third-order valence-corrected chi connectivity index (χ3v) is 3.79.